The third-order valence-electron chi connectivity index (χ3n) is 2.96. The number of hydrogen-bond donors (Lipinski definition) is 2. The molecule has 0 spiro atoms. The molecular formula is C14H17N3O3. The Kier molecular flexibility index (Phi) is 4.14. The summed E-state index contributed by atoms with van der Waals surface area (Å²) in [5.41, 5.74) is 6.48. The highest BCUT2D eigenvalue weighted by Crippen LogP contribution is 2.20. The summed E-state index contributed by atoms with van der Waals surface area (Å²) >= 11 is 0. The Bertz CT molecular complexity index is 567. The first-order chi connectivity index (χ1) is 9.47. The molecule has 2 amide bonds. The lowest BCUT2D eigenvalue weighted by molar-refractivity contribution is -0.129. The molecule has 1 aromatic rings. The molecular weight excluding hydrogens is 258 g/mol. The van der Waals surface area contributed by atoms with Gasteiger partial charge in [0.15, 0.2) is 11.9 Å². The van der Waals surface area contributed by atoms with E-state index in [1.807, 2.05) is 24.3 Å². The van der Waals surface area contributed by atoms with E-state index in [1.165, 1.54) is 0 Å². The summed E-state index contributed by atoms with van der Waals surface area (Å²) in [4.78, 5) is 26.4. The second-order valence-electron chi connectivity index (χ2n) is 4.88. The number of aliphatic imine (C=N–C) groups is 1. The van der Waals surface area contributed by atoms with Gasteiger partial charge in [0.25, 0.3) is 11.8 Å². The van der Waals surface area contributed by atoms with Gasteiger partial charge in [-0.3, -0.25) is 9.59 Å². The van der Waals surface area contributed by atoms with Gasteiger partial charge in [-0.15, -0.1) is 0 Å². The van der Waals surface area contributed by atoms with Crippen molar-refractivity contribution in [1.82, 2.24) is 5.32 Å². The van der Waals surface area contributed by atoms with E-state index >= 15 is 0 Å². The number of nitrogens with zero attached hydrogens (tertiary/aromatic N) is 1. The van der Waals surface area contributed by atoms with E-state index in [0.717, 1.165) is 5.56 Å². The summed E-state index contributed by atoms with van der Waals surface area (Å²) in [7, 11) is 0. The Labute approximate surface area is 117 Å². The number of rotatable bonds is 4. The van der Waals surface area contributed by atoms with Crippen molar-refractivity contribution in [3.05, 3.63) is 29.8 Å². The van der Waals surface area contributed by atoms with E-state index in [-0.39, 0.29) is 12.4 Å². The largest absolute Gasteiger partial charge is 0.486 e. The minimum atomic E-state index is -1.22. The molecule has 0 saturated carbocycles. The summed E-state index contributed by atoms with van der Waals surface area (Å²) in [6, 6.07) is 6.42. The number of nitrogens with one attached hydrogen (secondary N) is 1. The van der Waals surface area contributed by atoms with Gasteiger partial charge in [0.05, 0.1) is 0 Å². The maximum Gasteiger partial charge on any atom is 0.274 e. The lowest BCUT2D eigenvalue weighted by Crippen LogP contribution is -2.53. The maximum absolute atomic E-state index is 11.4. The summed E-state index contributed by atoms with van der Waals surface area (Å²) in [5.74, 6) is 0.0276. The van der Waals surface area contributed by atoms with Crippen LogP contribution in [0.1, 0.15) is 25.3 Å². The Hall–Kier alpha value is -2.21. The van der Waals surface area contributed by atoms with Gasteiger partial charge in [-0.05, 0) is 23.6 Å². The van der Waals surface area contributed by atoms with Crippen LogP contribution in [0.4, 0.5) is 0 Å². The van der Waals surface area contributed by atoms with Gasteiger partial charge >= 0.3 is 0 Å². The van der Waals surface area contributed by atoms with Crippen molar-refractivity contribution < 1.29 is 14.3 Å². The molecule has 1 aliphatic heterocycles. The second kappa shape index (κ2) is 5.83. The van der Waals surface area contributed by atoms with Crippen LogP contribution in [0.3, 0.4) is 0 Å². The van der Waals surface area contributed by atoms with E-state index < -0.39 is 17.9 Å². The van der Waals surface area contributed by atoms with Crippen molar-refractivity contribution in [1.29, 1.82) is 0 Å². The predicted octanol–water partition coefficient (Wildman–Crippen LogP) is 0.571. The Morgan fingerprint density at radius 3 is 2.80 bits per heavy atom. The number of amidine groups is 1. The molecule has 0 saturated heterocycles. The molecule has 1 heterocycles. The Morgan fingerprint density at radius 2 is 2.15 bits per heavy atom. The van der Waals surface area contributed by atoms with Crippen molar-refractivity contribution >= 4 is 17.6 Å². The summed E-state index contributed by atoms with van der Waals surface area (Å²) in [5, 5.41) is 2.44. The van der Waals surface area contributed by atoms with Crippen LogP contribution in [-0.2, 0) is 9.59 Å². The van der Waals surface area contributed by atoms with Gasteiger partial charge in [-0.25, -0.2) is 0 Å². The number of carbonyl (C=O) groups is 2. The molecule has 0 radical (unpaired) electrons. The van der Waals surface area contributed by atoms with Gasteiger partial charge in [-0.2, -0.15) is 4.99 Å². The molecule has 6 nitrogen and oxygen atoms in total. The zero-order valence-corrected chi connectivity index (χ0v) is 11.4. The molecule has 1 aliphatic rings. The number of hydrogen-bond acceptors (Lipinski definition) is 4. The van der Waals surface area contributed by atoms with E-state index in [1.54, 1.807) is 0 Å². The minimum Gasteiger partial charge on any atom is -0.486 e. The van der Waals surface area contributed by atoms with Crippen molar-refractivity contribution in [2.75, 3.05) is 6.61 Å². The number of ether oxygens (including phenoxy) is 1. The highest BCUT2D eigenvalue weighted by Gasteiger charge is 2.28. The van der Waals surface area contributed by atoms with Crippen LogP contribution < -0.4 is 15.8 Å². The first-order valence-electron chi connectivity index (χ1n) is 6.38. The van der Waals surface area contributed by atoms with Crippen molar-refractivity contribution in [2.45, 2.75) is 25.8 Å². The standard InChI is InChI=1S/C14H17N3O3/c1-8(2)9-4-3-5-10(6-9)20-7-11-16-13(18)12(15)14(19)17-11/h3-6,8,12H,7,15H2,1-2H3,(H,16,17,18,19). The zero-order chi connectivity index (χ0) is 14.7. The van der Waals surface area contributed by atoms with Crippen LogP contribution in [0.5, 0.6) is 5.75 Å². The van der Waals surface area contributed by atoms with Gasteiger partial charge in [0.2, 0.25) is 0 Å². The van der Waals surface area contributed by atoms with Crippen molar-refractivity contribution in [3.63, 3.8) is 0 Å². The first-order valence-corrected chi connectivity index (χ1v) is 6.38. The lowest BCUT2D eigenvalue weighted by Gasteiger charge is -2.17. The molecule has 1 aromatic carbocycles. The Balaban J connectivity index is 2.02. The smallest absolute Gasteiger partial charge is 0.274 e. The van der Waals surface area contributed by atoms with Crippen LogP contribution in [0.15, 0.2) is 29.3 Å². The van der Waals surface area contributed by atoms with E-state index in [0.29, 0.717) is 11.7 Å². The molecule has 1 atom stereocenters. The molecule has 0 fully saturated rings. The normalized spacial score (nSPS) is 18.8. The average Bonchev–Trinajstić information content (AvgIpc) is 2.42. The molecule has 106 valence electrons. The molecule has 20 heavy (non-hydrogen) atoms. The van der Waals surface area contributed by atoms with Crippen LogP contribution in [-0.4, -0.2) is 30.3 Å². The minimum absolute atomic E-state index is 0.0196. The van der Waals surface area contributed by atoms with E-state index in [4.69, 9.17) is 10.5 Å². The monoisotopic (exact) mass is 275 g/mol. The molecule has 0 bridgehead atoms. The molecule has 2 rings (SSSR count). The summed E-state index contributed by atoms with van der Waals surface area (Å²) in [6.45, 7) is 4.20. The average molecular weight is 275 g/mol. The fourth-order valence-electron chi connectivity index (χ4n) is 1.75. The number of benzene rings is 1. The molecule has 6 heteroatoms. The van der Waals surface area contributed by atoms with E-state index in [2.05, 4.69) is 24.2 Å². The van der Waals surface area contributed by atoms with Gasteiger partial charge in [0.1, 0.15) is 12.4 Å². The van der Waals surface area contributed by atoms with E-state index in [9.17, 15) is 9.59 Å². The summed E-state index contributed by atoms with van der Waals surface area (Å²) < 4.78 is 5.53. The van der Waals surface area contributed by atoms with Crippen LogP contribution in [0, 0.1) is 0 Å². The molecule has 3 N–H and O–H groups in total. The highest BCUT2D eigenvalue weighted by atomic mass is 16.5. The third-order valence-corrected chi connectivity index (χ3v) is 2.96. The second-order valence-corrected chi connectivity index (χ2v) is 4.88. The van der Waals surface area contributed by atoms with Crippen LogP contribution in [0.2, 0.25) is 0 Å². The molecule has 0 aliphatic carbocycles. The molecule has 1 unspecified atom stereocenters. The molecule has 0 aromatic heterocycles. The van der Waals surface area contributed by atoms with Gasteiger partial charge in [-0.1, -0.05) is 26.0 Å². The fourth-order valence-corrected chi connectivity index (χ4v) is 1.75. The topological polar surface area (TPSA) is 93.8 Å². The lowest BCUT2D eigenvalue weighted by atomic mass is 10.0. The number of amides is 2. The number of carbonyl (C=O) groups excluding carboxylic acids is 2. The SMILES string of the molecule is CC(C)c1cccc(OCC2=NC(=O)C(N)C(=O)N2)c1. The van der Waals surface area contributed by atoms with Crippen molar-refractivity contribution in [3.8, 4) is 5.75 Å². The maximum atomic E-state index is 11.4. The zero-order valence-electron chi connectivity index (χ0n) is 11.4. The predicted molar refractivity (Wildman–Crippen MR) is 74.6 cm³/mol. The van der Waals surface area contributed by atoms with Crippen LogP contribution in [0.25, 0.3) is 0 Å². The quantitative estimate of drug-likeness (QED) is 0.786. The first kappa shape index (κ1) is 14.2. The third kappa shape index (κ3) is 3.21. The summed E-state index contributed by atoms with van der Waals surface area (Å²) in [6.07, 6.45) is 0. The van der Waals surface area contributed by atoms with Crippen LogP contribution >= 0.6 is 0 Å². The fraction of sp³-hybridized carbons (Fsp3) is 0.357. The van der Waals surface area contributed by atoms with Gasteiger partial charge < -0.3 is 15.8 Å². The Morgan fingerprint density at radius 1 is 1.40 bits per heavy atom. The highest BCUT2D eigenvalue weighted by molar-refractivity contribution is 6.18. The number of nitrogens with two attached hydrogens (primary N) is 1. The van der Waals surface area contributed by atoms with Crippen molar-refractivity contribution in [2.24, 2.45) is 10.7 Å². The van der Waals surface area contributed by atoms with Gasteiger partial charge in [0, 0.05) is 0 Å².